The normalized spacial score (nSPS) is 16.6. The number of benzene rings is 2. The van der Waals surface area contributed by atoms with E-state index in [1.165, 1.54) is 48.5 Å². The SMILES string of the molecule is CC1=NN(c2ccc(OC(F)F)cc2)C(=O)C1c1nc(-c2ccc(C(C)(F)F)cc2)n[nH]1. The molecular weight excluding hydrogens is 430 g/mol. The van der Waals surface area contributed by atoms with Crippen LogP contribution >= 0.6 is 0 Å². The second kappa shape index (κ2) is 8.06. The molecule has 0 aliphatic carbocycles. The molecule has 1 atom stereocenters. The standard InChI is InChI=1S/C21H17F4N5O2/c1-11-16(19(31)30(29-11)14-7-9-15(10-8-14)32-20(22)23)18-26-17(27-28-18)12-3-5-13(6-4-12)21(2,24)25/h3-10,16,20H,1-2H3,(H,26,27,28). The van der Waals surface area contributed by atoms with E-state index in [4.69, 9.17) is 0 Å². The van der Waals surface area contributed by atoms with Crippen LogP contribution in [0.4, 0.5) is 23.2 Å². The molecule has 1 aliphatic rings. The van der Waals surface area contributed by atoms with Crippen LogP contribution in [0, 0.1) is 0 Å². The molecule has 0 spiro atoms. The maximum atomic E-state index is 13.4. The number of halogens is 4. The van der Waals surface area contributed by atoms with E-state index >= 15 is 0 Å². The van der Waals surface area contributed by atoms with Gasteiger partial charge < -0.3 is 4.74 Å². The number of carbonyl (C=O) groups is 1. The van der Waals surface area contributed by atoms with Gasteiger partial charge in [-0.1, -0.05) is 24.3 Å². The maximum absolute atomic E-state index is 13.4. The van der Waals surface area contributed by atoms with Gasteiger partial charge in [-0.15, -0.1) is 0 Å². The fourth-order valence-corrected chi connectivity index (χ4v) is 3.28. The summed E-state index contributed by atoms with van der Waals surface area (Å²) in [5.41, 5.74) is 1.19. The van der Waals surface area contributed by atoms with Crippen molar-refractivity contribution in [1.82, 2.24) is 15.2 Å². The molecule has 4 rings (SSSR count). The summed E-state index contributed by atoms with van der Waals surface area (Å²) in [7, 11) is 0. The number of carbonyl (C=O) groups excluding carboxylic acids is 1. The minimum atomic E-state index is -2.96. The number of nitrogens with one attached hydrogen (secondary N) is 1. The number of aromatic amines is 1. The topological polar surface area (TPSA) is 83.5 Å². The Bertz CT molecular complexity index is 1150. The minimum absolute atomic E-state index is 0.0422. The molecule has 0 bridgehead atoms. The highest BCUT2D eigenvalue weighted by atomic mass is 19.3. The zero-order valence-corrected chi connectivity index (χ0v) is 16.9. The Morgan fingerprint density at radius 3 is 2.34 bits per heavy atom. The molecule has 3 aromatic rings. The van der Waals surface area contributed by atoms with Crippen LogP contribution in [0.2, 0.25) is 0 Å². The van der Waals surface area contributed by atoms with Crippen LogP contribution in [0.25, 0.3) is 11.4 Å². The van der Waals surface area contributed by atoms with E-state index in [-0.39, 0.29) is 23.0 Å². The number of amides is 1. The second-order valence-corrected chi connectivity index (χ2v) is 7.21. The summed E-state index contributed by atoms with van der Waals surface area (Å²) >= 11 is 0. The largest absolute Gasteiger partial charge is 0.435 e. The molecule has 32 heavy (non-hydrogen) atoms. The van der Waals surface area contributed by atoms with Gasteiger partial charge >= 0.3 is 6.61 Å². The zero-order valence-electron chi connectivity index (χ0n) is 16.9. The van der Waals surface area contributed by atoms with Crippen molar-refractivity contribution in [2.45, 2.75) is 32.3 Å². The quantitative estimate of drug-likeness (QED) is 0.556. The third-order valence-electron chi connectivity index (χ3n) is 4.86. The summed E-state index contributed by atoms with van der Waals surface area (Å²) in [6.45, 7) is -0.488. The molecular formula is C21H17F4N5O2. The van der Waals surface area contributed by atoms with Crippen molar-refractivity contribution in [2.75, 3.05) is 5.01 Å². The van der Waals surface area contributed by atoms with Gasteiger partial charge in [-0.2, -0.15) is 24.0 Å². The van der Waals surface area contributed by atoms with Gasteiger partial charge in [0.1, 0.15) is 17.5 Å². The molecule has 0 saturated carbocycles. The highest BCUT2D eigenvalue weighted by Crippen LogP contribution is 2.32. The average Bonchev–Trinajstić information content (AvgIpc) is 3.32. The molecule has 166 valence electrons. The van der Waals surface area contributed by atoms with E-state index in [2.05, 4.69) is 25.0 Å². The van der Waals surface area contributed by atoms with Gasteiger partial charge in [0.25, 0.3) is 11.8 Å². The first-order valence-electron chi connectivity index (χ1n) is 9.48. The Balaban J connectivity index is 1.53. The molecule has 0 radical (unpaired) electrons. The van der Waals surface area contributed by atoms with Crippen LogP contribution in [0.3, 0.4) is 0 Å². The number of ether oxygens (including phenoxy) is 1. The van der Waals surface area contributed by atoms with E-state index in [9.17, 15) is 22.4 Å². The Labute approximate surface area is 179 Å². The van der Waals surface area contributed by atoms with Gasteiger partial charge in [0.15, 0.2) is 5.82 Å². The fourth-order valence-electron chi connectivity index (χ4n) is 3.28. The first-order valence-corrected chi connectivity index (χ1v) is 9.48. The van der Waals surface area contributed by atoms with Gasteiger partial charge in [-0.05, 0) is 31.2 Å². The molecule has 11 heteroatoms. The van der Waals surface area contributed by atoms with E-state index in [0.717, 1.165) is 11.9 Å². The van der Waals surface area contributed by atoms with Crippen LogP contribution in [0.5, 0.6) is 5.75 Å². The molecule has 1 amide bonds. The summed E-state index contributed by atoms with van der Waals surface area (Å²) in [5, 5.41) is 12.2. The lowest BCUT2D eigenvalue weighted by Crippen LogP contribution is -2.26. The lowest BCUT2D eigenvalue weighted by Gasteiger charge is -2.14. The fraction of sp³-hybridized carbons (Fsp3) is 0.238. The third-order valence-corrected chi connectivity index (χ3v) is 4.86. The number of hydrazone groups is 1. The van der Waals surface area contributed by atoms with Crippen molar-refractivity contribution in [2.24, 2.45) is 5.10 Å². The molecule has 7 nitrogen and oxygen atoms in total. The summed E-state index contributed by atoms with van der Waals surface area (Å²) < 4.78 is 55.7. The monoisotopic (exact) mass is 447 g/mol. The van der Waals surface area contributed by atoms with Crippen molar-refractivity contribution in [3.8, 4) is 17.1 Å². The van der Waals surface area contributed by atoms with Crippen LogP contribution in [0.1, 0.15) is 31.2 Å². The van der Waals surface area contributed by atoms with Crippen LogP contribution < -0.4 is 9.75 Å². The van der Waals surface area contributed by atoms with Crippen molar-refractivity contribution in [1.29, 1.82) is 0 Å². The number of alkyl halides is 4. The predicted molar refractivity (Wildman–Crippen MR) is 108 cm³/mol. The minimum Gasteiger partial charge on any atom is -0.435 e. The number of hydrogen-bond acceptors (Lipinski definition) is 5. The van der Waals surface area contributed by atoms with E-state index < -0.39 is 24.4 Å². The first kappa shape index (κ1) is 21.5. The number of aromatic nitrogens is 3. The molecule has 1 N–H and O–H groups in total. The van der Waals surface area contributed by atoms with E-state index in [1.54, 1.807) is 6.92 Å². The van der Waals surface area contributed by atoms with Crippen molar-refractivity contribution < 1.29 is 27.1 Å². The first-order chi connectivity index (χ1) is 15.1. The van der Waals surface area contributed by atoms with Gasteiger partial charge in [0, 0.05) is 18.1 Å². The Morgan fingerprint density at radius 2 is 1.75 bits per heavy atom. The predicted octanol–water partition coefficient (Wildman–Crippen LogP) is 4.69. The Hall–Kier alpha value is -3.76. The van der Waals surface area contributed by atoms with Crippen molar-refractivity contribution in [3.05, 3.63) is 59.9 Å². The lowest BCUT2D eigenvalue weighted by atomic mass is 10.0. The molecule has 1 aliphatic heterocycles. The molecule has 1 unspecified atom stereocenters. The molecule has 2 aromatic carbocycles. The van der Waals surface area contributed by atoms with Gasteiger partial charge in [0.2, 0.25) is 0 Å². The third kappa shape index (κ3) is 4.18. The molecule has 0 fully saturated rings. The van der Waals surface area contributed by atoms with Gasteiger partial charge in [-0.3, -0.25) is 9.89 Å². The summed E-state index contributed by atoms with van der Waals surface area (Å²) in [5.74, 6) is -3.74. The van der Waals surface area contributed by atoms with Crippen LogP contribution in [0.15, 0.2) is 53.6 Å². The second-order valence-electron chi connectivity index (χ2n) is 7.21. The Morgan fingerprint density at radius 1 is 1.09 bits per heavy atom. The molecule has 2 heterocycles. The number of H-pyrrole nitrogens is 1. The van der Waals surface area contributed by atoms with Gasteiger partial charge in [0.05, 0.1) is 11.4 Å². The number of hydrogen-bond donors (Lipinski definition) is 1. The maximum Gasteiger partial charge on any atom is 0.387 e. The highest BCUT2D eigenvalue weighted by Gasteiger charge is 2.38. The highest BCUT2D eigenvalue weighted by molar-refractivity contribution is 6.18. The van der Waals surface area contributed by atoms with E-state index in [1.807, 2.05) is 0 Å². The molecule has 0 saturated heterocycles. The van der Waals surface area contributed by atoms with Crippen LogP contribution in [-0.2, 0) is 10.7 Å². The number of nitrogens with zero attached hydrogens (tertiary/aromatic N) is 4. The molecule has 1 aromatic heterocycles. The Kier molecular flexibility index (Phi) is 5.41. The van der Waals surface area contributed by atoms with Crippen molar-refractivity contribution >= 4 is 17.3 Å². The number of anilines is 1. The average molecular weight is 447 g/mol. The van der Waals surface area contributed by atoms with E-state index in [0.29, 0.717) is 17.0 Å². The number of rotatable bonds is 6. The lowest BCUT2D eigenvalue weighted by molar-refractivity contribution is -0.118. The summed E-state index contributed by atoms with van der Waals surface area (Å²) in [6.07, 6.45) is 0. The zero-order chi connectivity index (χ0) is 23.0. The van der Waals surface area contributed by atoms with Crippen molar-refractivity contribution in [3.63, 3.8) is 0 Å². The summed E-state index contributed by atoms with van der Waals surface area (Å²) in [4.78, 5) is 17.3. The van der Waals surface area contributed by atoms with Gasteiger partial charge in [-0.25, -0.2) is 13.8 Å². The summed E-state index contributed by atoms with van der Waals surface area (Å²) in [6, 6.07) is 11.0. The van der Waals surface area contributed by atoms with Crippen LogP contribution in [-0.4, -0.2) is 33.4 Å². The smallest absolute Gasteiger partial charge is 0.387 e.